The summed E-state index contributed by atoms with van der Waals surface area (Å²) in [6, 6.07) is 5.49. The van der Waals surface area contributed by atoms with Crippen molar-refractivity contribution in [2.24, 2.45) is 0 Å². The molecular weight excluding hydrogens is 190 g/mol. The molecule has 2 amide bonds. The van der Waals surface area contributed by atoms with Crippen molar-refractivity contribution in [3.63, 3.8) is 0 Å². The summed E-state index contributed by atoms with van der Waals surface area (Å²) in [5, 5.41) is 2.24. The zero-order chi connectivity index (χ0) is 10.7. The molecule has 0 aliphatic rings. The first-order valence-corrected chi connectivity index (χ1v) is 4.39. The standard InChI is InChI=1S/C11H13NO2.CH4/c1-7-4-8(2)6-10(5-7)11(14)12-9(3)13;/h4-6H,1-3H3,(H,12,13,14);1H4. The van der Waals surface area contributed by atoms with Crippen LogP contribution in [0.4, 0.5) is 0 Å². The van der Waals surface area contributed by atoms with Crippen molar-refractivity contribution < 1.29 is 9.59 Å². The van der Waals surface area contributed by atoms with E-state index in [1.165, 1.54) is 6.92 Å². The average Bonchev–Trinajstić information content (AvgIpc) is 2.00. The Labute approximate surface area is 90.5 Å². The Morgan fingerprint density at radius 2 is 1.53 bits per heavy atom. The molecule has 0 aliphatic heterocycles. The minimum absolute atomic E-state index is 0. The Kier molecular flexibility index (Phi) is 4.71. The van der Waals surface area contributed by atoms with Crippen LogP contribution in [0.2, 0.25) is 0 Å². The Bertz CT molecular complexity index is 363. The smallest absolute Gasteiger partial charge is 0.257 e. The molecule has 3 heteroatoms. The van der Waals surface area contributed by atoms with E-state index in [9.17, 15) is 9.59 Å². The summed E-state index contributed by atoms with van der Waals surface area (Å²) in [5.41, 5.74) is 2.55. The predicted octanol–water partition coefficient (Wildman–Crippen LogP) is 2.22. The number of amides is 2. The third-order valence-corrected chi connectivity index (χ3v) is 1.77. The number of carbonyl (C=O) groups is 2. The lowest BCUT2D eigenvalue weighted by molar-refractivity contribution is -0.118. The third-order valence-electron chi connectivity index (χ3n) is 1.77. The predicted molar refractivity (Wildman–Crippen MR) is 60.8 cm³/mol. The van der Waals surface area contributed by atoms with Crippen molar-refractivity contribution in [3.05, 3.63) is 34.9 Å². The van der Waals surface area contributed by atoms with Crippen LogP contribution in [0.25, 0.3) is 0 Å². The van der Waals surface area contributed by atoms with Crippen molar-refractivity contribution in [2.45, 2.75) is 28.2 Å². The van der Waals surface area contributed by atoms with Gasteiger partial charge in [0, 0.05) is 12.5 Å². The number of imide groups is 1. The van der Waals surface area contributed by atoms with Crippen molar-refractivity contribution in [2.75, 3.05) is 0 Å². The molecule has 0 aromatic heterocycles. The summed E-state index contributed by atoms with van der Waals surface area (Å²) >= 11 is 0. The highest BCUT2D eigenvalue weighted by Gasteiger charge is 2.07. The second-order valence-corrected chi connectivity index (χ2v) is 3.39. The van der Waals surface area contributed by atoms with Gasteiger partial charge in [-0.3, -0.25) is 14.9 Å². The first kappa shape index (κ1) is 13.4. The second kappa shape index (κ2) is 5.29. The molecule has 0 saturated heterocycles. The first-order chi connectivity index (χ1) is 6.49. The minimum Gasteiger partial charge on any atom is -0.293 e. The van der Waals surface area contributed by atoms with Crippen LogP contribution < -0.4 is 5.32 Å². The molecule has 1 N–H and O–H groups in total. The van der Waals surface area contributed by atoms with Gasteiger partial charge >= 0.3 is 0 Å². The molecule has 82 valence electrons. The average molecular weight is 207 g/mol. The van der Waals surface area contributed by atoms with E-state index >= 15 is 0 Å². The maximum Gasteiger partial charge on any atom is 0.257 e. The molecule has 1 aromatic rings. The molecule has 0 heterocycles. The van der Waals surface area contributed by atoms with E-state index in [4.69, 9.17) is 0 Å². The molecule has 15 heavy (non-hydrogen) atoms. The first-order valence-electron chi connectivity index (χ1n) is 4.39. The number of nitrogens with one attached hydrogen (secondary N) is 1. The van der Waals surface area contributed by atoms with Crippen molar-refractivity contribution in [3.8, 4) is 0 Å². The lowest BCUT2D eigenvalue weighted by Gasteiger charge is -2.03. The normalized spacial score (nSPS) is 9.00. The molecule has 0 fully saturated rings. The number of benzene rings is 1. The maximum absolute atomic E-state index is 11.4. The molecule has 0 unspecified atom stereocenters. The summed E-state index contributed by atoms with van der Waals surface area (Å²) in [6.45, 7) is 5.15. The summed E-state index contributed by atoms with van der Waals surface area (Å²) < 4.78 is 0. The Balaban J connectivity index is 0.00000196. The van der Waals surface area contributed by atoms with Crippen LogP contribution in [-0.4, -0.2) is 11.8 Å². The molecule has 1 rings (SSSR count). The van der Waals surface area contributed by atoms with Gasteiger partial charge in [0.15, 0.2) is 0 Å². The second-order valence-electron chi connectivity index (χ2n) is 3.39. The molecule has 0 aliphatic carbocycles. The highest BCUT2D eigenvalue weighted by atomic mass is 16.2. The molecule has 0 atom stereocenters. The van der Waals surface area contributed by atoms with E-state index in [-0.39, 0.29) is 19.2 Å². The summed E-state index contributed by atoms with van der Waals surface area (Å²) in [6.07, 6.45) is 0. The fourth-order valence-electron chi connectivity index (χ4n) is 1.34. The van der Waals surface area contributed by atoms with Crippen molar-refractivity contribution >= 4 is 11.8 Å². The van der Waals surface area contributed by atoms with Gasteiger partial charge in [-0.2, -0.15) is 0 Å². The van der Waals surface area contributed by atoms with Gasteiger partial charge in [0.1, 0.15) is 0 Å². The third kappa shape index (κ3) is 3.94. The van der Waals surface area contributed by atoms with E-state index < -0.39 is 0 Å². The SMILES string of the molecule is C.CC(=O)NC(=O)c1cc(C)cc(C)c1. The zero-order valence-corrected chi connectivity index (χ0v) is 8.55. The van der Waals surface area contributed by atoms with Gasteiger partial charge in [0.25, 0.3) is 5.91 Å². The number of aryl methyl sites for hydroxylation is 2. The topological polar surface area (TPSA) is 46.2 Å². The summed E-state index contributed by atoms with van der Waals surface area (Å²) in [7, 11) is 0. The van der Waals surface area contributed by atoms with Gasteiger partial charge in [-0.05, 0) is 26.0 Å². The zero-order valence-electron chi connectivity index (χ0n) is 8.55. The lowest BCUT2D eigenvalue weighted by atomic mass is 10.1. The molecular formula is C12H17NO2. The van der Waals surface area contributed by atoms with Crippen LogP contribution in [0.3, 0.4) is 0 Å². The number of carbonyl (C=O) groups excluding carboxylic acids is 2. The van der Waals surface area contributed by atoms with Crippen LogP contribution in [0.5, 0.6) is 0 Å². The lowest BCUT2D eigenvalue weighted by Crippen LogP contribution is -2.27. The monoisotopic (exact) mass is 207 g/mol. The van der Waals surface area contributed by atoms with Crippen LogP contribution in [0, 0.1) is 13.8 Å². The van der Waals surface area contributed by atoms with Crippen molar-refractivity contribution in [1.29, 1.82) is 0 Å². The van der Waals surface area contributed by atoms with E-state index in [1.807, 2.05) is 19.9 Å². The molecule has 3 nitrogen and oxygen atoms in total. The molecule has 0 saturated carbocycles. The van der Waals surface area contributed by atoms with Gasteiger partial charge in [0.2, 0.25) is 5.91 Å². The highest BCUT2D eigenvalue weighted by molar-refractivity contribution is 6.04. The number of rotatable bonds is 1. The van der Waals surface area contributed by atoms with Crippen LogP contribution in [0.1, 0.15) is 35.8 Å². The van der Waals surface area contributed by atoms with Gasteiger partial charge in [0.05, 0.1) is 0 Å². The van der Waals surface area contributed by atoms with Crippen LogP contribution >= 0.6 is 0 Å². The van der Waals surface area contributed by atoms with Crippen molar-refractivity contribution in [1.82, 2.24) is 5.32 Å². The molecule has 0 spiro atoms. The van der Waals surface area contributed by atoms with Gasteiger partial charge in [-0.1, -0.05) is 24.6 Å². The fourth-order valence-corrected chi connectivity index (χ4v) is 1.34. The highest BCUT2D eigenvalue weighted by Crippen LogP contribution is 2.08. The fraction of sp³-hybridized carbons (Fsp3) is 0.333. The van der Waals surface area contributed by atoms with Gasteiger partial charge < -0.3 is 0 Å². The summed E-state index contributed by atoms with van der Waals surface area (Å²) in [5.74, 6) is -0.682. The van der Waals surface area contributed by atoms with E-state index in [0.717, 1.165) is 11.1 Å². The molecule has 0 bridgehead atoms. The van der Waals surface area contributed by atoms with Gasteiger partial charge in [-0.15, -0.1) is 0 Å². The van der Waals surface area contributed by atoms with Crippen LogP contribution in [0.15, 0.2) is 18.2 Å². The molecule has 1 aromatic carbocycles. The largest absolute Gasteiger partial charge is 0.293 e. The summed E-state index contributed by atoms with van der Waals surface area (Å²) in [4.78, 5) is 22.1. The Hall–Kier alpha value is -1.64. The number of hydrogen-bond donors (Lipinski definition) is 1. The minimum atomic E-state index is -0.343. The van der Waals surface area contributed by atoms with E-state index in [2.05, 4.69) is 5.32 Å². The van der Waals surface area contributed by atoms with E-state index in [0.29, 0.717) is 5.56 Å². The van der Waals surface area contributed by atoms with E-state index in [1.54, 1.807) is 12.1 Å². The molecule has 0 radical (unpaired) electrons. The Morgan fingerprint density at radius 1 is 1.07 bits per heavy atom. The number of hydrogen-bond acceptors (Lipinski definition) is 2. The Morgan fingerprint density at radius 3 is 1.93 bits per heavy atom. The quantitative estimate of drug-likeness (QED) is 0.767. The maximum atomic E-state index is 11.4. The van der Waals surface area contributed by atoms with Crippen LogP contribution in [-0.2, 0) is 4.79 Å². The van der Waals surface area contributed by atoms with Gasteiger partial charge in [-0.25, -0.2) is 0 Å².